The first-order valence-corrected chi connectivity index (χ1v) is 8.63. The van der Waals surface area contributed by atoms with Crippen LogP contribution in [0.5, 0.6) is 0 Å². The number of benzene rings is 1. The van der Waals surface area contributed by atoms with Crippen LogP contribution in [-0.2, 0) is 19.2 Å². The molecule has 0 aliphatic carbocycles. The van der Waals surface area contributed by atoms with Crippen molar-refractivity contribution in [2.45, 2.75) is 17.5 Å². The number of hydrogen-bond acceptors (Lipinski definition) is 6. The lowest BCUT2D eigenvalue weighted by Crippen LogP contribution is -2.71. The van der Waals surface area contributed by atoms with Gasteiger partial charge in [-0.3, -0.25) is 14.5 Å². The highest BCUT2D eigenvalue weighted by molar-refractivity contribution is 8.00. The summed E-state index contributed by atoms with van der Waals surface area (Å²) in [6.07, 6.45) is 0. The van der Waals surface area contributed by atoms with Gasteiger partial charge in [0.1, 0.15) is 23.2 Å². The van der Waals surface area contributed by atoms with Gasteiger partial charge < -0.3 is 21.3 Å². The zero-order valence-electron chi connectivity index (χ0n) is 13.3. The maximum atomic E-state index is 12.3. The molecule has 9 nitrogen and oxygen atoms in total. The number of nitrogens with two attached hydrogens (primary N) is 1. The molecule has 1 fully saturated rings. The van der Waals surface area contributed by atoms with E-state index in [4.69, 9.17) is 10.8 Å². The molecule has 1 aromatic carbocycles. The second-order valence-corrected chi connectivity index (χ2v) is 6.83. The molecule has 0 radical (unpaired) electrons. The highest BCUT2D eigenvalue weighted by Gasteiger charge is 2.55. The molecule has 3 rings (SSSR count). The van der Waals surface area contributed by atoms with Crippen LogP contribution in [0.1, 0.15) is 11.6 Å². The van der Waals surface area contributed by atoms with E-state index in [1.807, 2.05) is 0 Å². The first-order chi connectivity index (χ1) is 12.3. The van der Waals surface area contributed by atoms with Crippen LogP contribution in [0.2, 0.25) is 0 Å². The fourth-order valence-electron chi connectivity index (χ4n) is 2.84. The van der Waals surface area contributed by atoms with Crippen LogP contribution < -0.4 is 11.1 Å². The van der Waals surface area contributed by atoms with E-state index < -0.39 is 46.9 Å². The van der Waals surface area contributed by atoms with Gasteiger partial charge in [0.25, 0.3) is 5.91 Å². The quantitative estimate of drug-likeness (QED) is 0.502. The molecule has 0 spiro atoms. The van der Waals surface area contributed by atoms with Crippen LogP contribution in [0.25, 0.3) is 0 Å². The Morgan fingerprint density at radius 1 is 1.19 bits per heavy atom. The van der Waals surface area contributed by atoms with E-state index in [9.17, 15) is 24.3 Å². The Morgan fingerprint density at radius 2 is 1.85 bits per heavy atom. The van der Waals surface area contributed by atoms with Crippen molar-refractivity contribution in [3.63, 3.8) is 0 Å². The average Bonchev–Trinajstić information content (AvgIpc) is 2.64. The molecule has 0 saturated carbocycles. The predicted molar refractivity (Wildman–Crippen MR) is 90.7 cm³/mol. The third-order valence-corrected chi connectivity index (χ3v) is 5.45. The average molecular weight is 377 g/mol. The van der Waals surface area contributed by atoms with Gasteiger partial charge in [-0.05, 0) is 5.56 Å². The lowest BCUT2D eigenvalue weighted by atomic mass is 10.0. The Hall–Kier alpha value is -2.85. The second kappa shape index (κ2) is 6.81. The summed E-state index contributed by atoms with van der Waals surface area (Å²) in [7, 11) is 0. The molecule has 2 amide bonds. The lowest BCUT2D eigenvalue weighted by Gasteiger charge is -2.49. The standard InChI is InChI=1S/C16H15N3O6S/c17-9(7-4-2-1-3-5-7)12(20)18-10-13(21)19-11(16(24)25)8(15(22)23)6-26-14(10)19/h1-5,9-10,14H,6,17H2,(H,18,20)(H,22,23)(H,24,25)/t9-,10?,14-/m1/s1. The van der Waals surface area contributed by atoms with Crippen LogP contribution in [0, 0.1) is 0 Å². The van der Waals surface area contributed by atoms with Gasteiger partial charge in [-0.15, -0.1) is 11.8 Å². The number of carboxylic acid groups (broad SMARTS) is 2. The van der Waals surface area contributed by atoms with Gasteiger partial charge in [0.2, 0.25) is 5.91 Å². The summed E-state index contributed by atoms with van der Waals surface area (Å²) < 4.78 is 0. The lowest BCUT2D eigenvalue weighted by molar-refractivity contribution is -0.151. The summed E-state index contributed by atoms with van der Waals surface area (Å²) in [5.74, 6) is -4.21. The largest absolute Gasteiger partial charge is 0.478 e. The van der Waals surface area contributed by atoms with Crippen LogP contribution in [0.4, 0.5) is 0 Å². The maximum Gasteiger partial charge on any atom is 0.353 e. The number of hydrogen-bond donors (Lipinski definition) is 4. The molecule has 0 aromatic heterocycles. The molecule has 1 saturated heterocycles. The second-order valence-electron chi connectivity index (χ2n) is 5.72. The minimum absolute atomic E-state index is 0.0808. The Labute approximate surface area is 151 Å². The molecule has 3 atom stereocenters. The van der Waals surface area contributed by atoms with Crippen LogP contribution in [-0.4, -0.2) is 56.0 Å². The van der Waals surface area contributed by atoms with Gasteiger partial charge in [-0.25, -0.2) is 9.59 Å². The maximum absolute atomic E-state index is 12.3. The third kappa shape index (κ3) is 2.93. The van der Waals surface area contributed by atoms with E-state index in [-0.39, 0.29) is 11.3 Å². The number of aliphatic carboxylic acids is 2. The zero-order chi connectivity index (χ0) is 19.0. The number of rotatable bonds is 5. The third-order valence-electron chi connectivity index (χ3n) is 4.17. The topological polar surface area (TPSA) is 150 Å². The van der Waals surface area contributed by atoms with Gasteiger partial charge in [0.15, 0.2) is 0 Å². The number of carboxylic acids is 2. The number of nitrogens with zero attached hydrogens (tertiary/aromatic N) is 1. The Bertz CT molecular complexity index is 825. The summed E-state index contributed by atoms with van der Waals surface area (Å²) in [5.41, 5.74) is 5.56. The van der Waals surface area contributed by atoms with Crippen LogP contribution >= 0.6 is 11.8 Å². The van der Waals surface area contributed by atoms with Gasteiger partial charge in [0, 0.05) is 5.75 Å². The highest BCUT2D eigenvalue weighted by Crippen LogP contribution is 2.40. The molecule has 1 unspecified atom stereocenters. The minimum atomic E-state index is -1.49. The van der Waals surface area contributed by atoms with Crippen LogP contribution in [0.3, 0.4) is 0 Å². The number of carbonyl (C=O) groups excluding carboxylic acids is 2. The van der Waals surface area contributed by atoms with Gasteiger partial charge in [-0.1, -0.05) is 30.3 Å². The number of fused-ring (bicyclic) bond motifs is 1. The van der Waals surface area contributed by atoms with E-state index in [1.54, 1.807) is 30.3 Å². The molecular weight excluding hydrogens is 362 g/mol. The number of β-lactam (4-membered cyclic amide) rings is 1. The summed E-state index contributed by atoms with van der Waals surface area (Å²) in [4.78, 5) is 48.2. The molecule has 26 heavy (non-hydrogen) atoms. The van der Waals surface area contributed by atoms with E-state index in [0.717, 1.165) is 16.7 Å². The highest BCUT2D eigenvalue weighted by atomic mass is 32.2. The summed E-state index contributed by atoms with van der Waals surface area (Å²) in [6, 6.07) is 6.67. The molecule has 10 heteroatoms. The SMILES string of the molecule is N[C@@H](C(=O)NC1C(=O)N2C(C(=O)O)=C(C(=O)O)CS[C@H]12)c1ccccc1. The summed E-state index contributed by atoms with van der Waals surface area (Å²) >= 11 is 1.08. The smallest absolute Gasteiger partial charge is 0.353 e. The Kier molecular flexibility index (Phi) is 4.70. The minimum Gasteiger partial charge on any atom is -0.478 e. The number of carbonyl (C=O) groups is 4. The normalized spacial score (nSPS) is 23.0. The van der Waals surface area contributed by atoms with Crippen molar-refractivity contribution in [3.05, 3.63) is 47.2 Å². The molecule has 2 heterocycles. The number of thioether (sulfide) groups is 1. The van der Waals surface area contributed by atoms with Crippen molar-refractivity contribution in [1.29, 1.82) is 0 Å². The van der Waals surface area contributed by atoms with E-state index >= 15 is 0 Å². The van der Waals surface area contributed by atoms with Crippen molar-refractivity contribution in [2.75, 3.05) is 5.75 Å². The summed E-state index contributed by atoms with van der Waals surface area (Å²) in [6.45, 7) is 0. The molecule has 5 N–H and O–H groups in total. The Balaban J connectivity index is 1.76. The van der Waals surface area contributed by atoms with E-state index in [2.05, 4.69) is 5.32 Å². The number of nitrogens with one attached hydrogen (secondary N) is 1. The first kappa shape index (κ1) is 18.0. The monoisotopic (exact) mass is 377 g/mol. The molecule has 2 aliphatic heterocycles. The van der Waals surface area contributed by atoms with Gasteiger partial charge in [-0.2, -0.15) is 0 Å². The van der Waals surface area contributed by atoms with Crippen molar-refractivity contribution < 1.29 is 29.4 Å². The molecule has 136 valence electrons. The molecule has 1 aromatic rings. The van der Waals surface area contributed by atoms with Crippen molar-refractivity contribution in [2.24, 2.45) is 5.73 Å². The molecule has 2 aliphatic rings. The van der Waals surface area contributed by atoms with E-state index in [0.29, 0.717) is 5.56 Å². The van der Waals surface area contributed by atoms with Crippen molar-refractivity contribution in [3.8, 4) is 0 Å². The molecular formula is C16H15N3O6S. The van der Waals surface area contributed by atoms with E-state index in [1.165, 1.54) is 0 Å². The first-order valence-electron chi connectivity index (χ1n) is 7.58. The predicted octanol–water partition coefficient (Wildman–Crippen LogP) is -0.490. The fourth-order valence-corrected chi connectivity index (χ4v) is 4.17. The Morgan fingerprint density at radius 3 is 2.42 bits per heavy atom. The zero-order valence-corrected chi connectivity index (χ0v) is 14.1. The van der Waals surface area contributed by atoms with Crippen LogP contribution in [0.15, 0.2) is 41.6 Å². The molecule has 0 bridgehead atoms. The summed E-state index contributed by atoms with van der Waals surface area (Å²) in [5, 5.41) is 20.2. The van der Waals surface area contributed by atoms with Gasteiger partial charge in [0.05, 0.1) is 5.57 Å². The fraction of sp³-hybridized carbons (Fsp3) is 0.250. The van der Waals surface area contributed by atoms with Crippen molar-refractivity contribution in [1.82, 2.24) is 10.2 Å². The van der Waals surface area contributed by atoms with Gasteiger partial charge >= 0.3 is 11.9 Å². The van der Waals surface area contributed by atoms with Crippen molar-refractivity contribution >= 4 is 35.5 Å². The number of amides is 2.